The number of amides is 1. The molecule has 4 aromatic rings. The fourth-order valence-corrected chi connectivity index (χ4v) is 4.55. The average molecular weight is 441 g/mol. The maximum atomic E-state index is 13.0. The number of pyridine rings is 2. The third kappa shape index (κ3) is 4.03. The third-order valence-electron chi connectivity index (χ3n) is 6.17. The summed E-state index contributed by atoms with van der Waals surface area (Å²) < 4.78 is 7.96. The van der Waals surface area contributed by atoms with Gasteiger partial charge in [-0.3, -0.25) is 14.8 Å². The van der Waals surface area contributed by atoms with Gasteiger partial charge in [0.25, 0.3) is 0 Å². The van der Waals surface area contributed by atoms with Crippen LogP contribution >= 0.6 is 0 Å². The Morgan fingerprint density at radius 3 is 2.97 bits per heavy atom. The molecule has 0 unspecified atom stereocenters. The Kier molecular flexibility index (Phi) is 5.48. The first kappa shape index (κ1) is 21.0. The first-order chi connectivity index (χ1) is 16.0. The van der Waals surface area contributed by atoms with Crippen LogP contribution in [0.4, 0.5) is 5.69 Å². The minimum Gasteiger partial charge on any atom is -0.378 e. The lowest BCUT2D eigenvalue weighted by atomic mass is 10.0. The Balaban J connectivity index is 1.62. The van der Waals surface area contributed by atoms with Gasteiger partial charge in [0, 0.05) is 24.2 Å². The van der Waals surface area contributed by atoms with E-state index in [1.807, 2.05) is 25.1 Å². The van der Waals surface area contributed by atoms with E-state index in [4.69, 9.17) is 9.72 Å². The second-order valence-electron chi connectivity index (χ2n) is 8.51. The summed E-state index contributed by atoms with van der Waals surface area (Å²) in [5, 5.41) is 13.3. The van der Waals surface area contributed by atoms with Crippen LogP contribution in [0.5, 0.6) is 0 Å². The summed E-state index contributed by atoms with van der Waals surface area (Å²) in [6.07, 6.45) is 6.98. The van der Waals surface area contributed by atoms with Crippen LogP contribution in [0.1, 0.15) is 42.8 Å². The number of rotatable bonds is 4. The second kappa shape index (κ2) is 8.60. The maximum Gasteiger partial charge on any atom is 0.232 e. The van der Waals surface area contributed by atoms with Gasteiger partial charge in [0.15, 0.2) is 0 Å². The lowest BCUT2D eigenvalue weighted by molar-refractivity contribution is -0.115. The summed E-state index contributed by atoms with van der Waals surface area (Å²) in [5.74, 6) is 0.526. The molecule has 8 heteroatoms. The number of carbonyl (C=O) groups is 1. The van der Waals surface area contributed by atoms with Gasteiger partial charge in [-0.1, -0.05) is 0 Å². The monoisotopic (exact) mass is 440 g/mol. The topological polar surface area (TPSA) is 106 Å². The van der Waals surface area contributed by atoms with E-state index in [1.165, 1.54) is 0 Å². The number of aryl methyl sites for hydroxylation is 1. The number of ether oxygens (including phenoxy) is 1. The van der Waals surface area contributed by atoms with Gasteiger partial charge in [0.1, 0.15) is 11.3 Å². The fourth-order valence-electron chi connectivity index (χ4n) is 4.55. The molecule has 1 saturated heterocycles. The summed E-state index contributed by atoms with van der Waals surface area (Å²) in [7, 11) is 0. The summed E-state index contributed by atoms with van der Waals surface area (Å²) in [5.41, 5.74) is 4.63. The predicted octanol–water partition coefficient (Wildman–Crippen LogP) is 4.08. The predicted molar refractivity (Wildman–Crippen MR) is 125 cm³/mol. The van der Waals surface area contributed by atoms with Crippen molar-refractivity contribution in [2.24, 2.45) is 0 Å². The first-order valence-corrected chi connectivity index (χ1v) is 11.0. The fraction of sp³-hybridized carbons (Fsp3) is 0.320. The second-order valence-corrected chi connectivity index (χ2v) is 8.51. The smallest absolute Gasteiger partial charge is 0.232 e. The Morgan fingerprint density at radius 1 is 1.30 bits per heavy atom. The van der Waals surface area contributed by atoms with Crippen molar-refractivity contribution in [1.82, 2.24) is 19.5 Å². The largest absolute Gasteiger partial charge is 0.378 e. The minimum absolute atomic E-state index is 0.115. The highest BCUT2D eigenvalue weighted by atomic mass is 16.5. The Labute approximate surface area is 191 Å². The number of benzene rings is 1. The molecule has 1 N–H and O–H groups in total. The quantitative estimate of drug-likeness (QED) is 0.513. The van der Waals surface area contributed by atoms with Crippen LogP contribution in [-0.4, -0.2) is 38.1 Å². The molecule has 33 heavy (non-hydrogen) atoms. The zero-order chi connectivity index (χ0) is 22.9. The van der Waals surface area contributed by atoms with Gasteiger partial charge in [-0.05, 0) is 56.5 Å². The molecule has 0 saturated carbocycles. The van der Waals surface area contributed by atoms with Gasteiger partial charge in [-0.25, -0.2) is 4.98 Å². The number of nitriles is 1. The van der Waals surface area contributed by atoms with Crippen molar-refractivity contribution < 1.29 is 9.53 Å². The molecule has 0 aliphatic carbocycles. The van der Waals surface area contributed by atoms with E-state index in [2.05, 4.69) is 32.8 Å². The van der Waals surface area contributed by atoms with Gasteiger partial charge in [-0.15, -0.1) is 0 Å². The molecule has 1 fully saturated rings. The van der Waals surface area contributed by atoms with Gasteiger partial charge in [0.2, 0.25) is 5.91 Å². The van der Waals surface area contributed by atoms with Crippen molar-refractivity contribution in [3.63, 3.8) is 0 Å². The Morgan fingerprint density at radius 2 is 2.18 bits per heavy atom. The first-order valence-electron chi connectivity index (χ1n) is 11.0. The zero-order valence-electron chi connectivity index (χ0n) is 18.6. The van der Waals surface area contributed by atoms with Crippen molar-refractivity contribution in [2.75, 3.05) is 11.9 Å². The SMILES string of the molecule is Cc1ccncc1NC(=O)Cc1nc2cnc3ccc(C#N)cc3c2n1[C@@H]1CCO[C@H](C)C1. The molecule has 1 aromatic carbocycles. The number of hydrogen-bond donors (Lipinski definition) is 1. The Bertz CT molecular complexity index is 1400. The molecule has 0 radical (unpaired) electrons. The highest BCUT2D eigenvalue weighted by molar-refractivity contribution is 6.03. The molecule has 1 aliphatic heterocycles. The van der Waals surface area contributed by atoms with Gasteiger partial charge in [0.05, 0.1) is 53.3 Å². The van der Waals surface area contributed by atoms with E-state index >= 15 is 0 Å². The standard InChI is InChI=1S/C25H24N6O2/c1-15-5-7-27-13-21(15)30-24(32)11-23-29-22-14-28-20-4-3-17(12-26)10-19(20)25(22)31(23)18-6-8-33-16(2)9-18/h3-5,7,10,13-14,16,18H,6,8-9,11H2,1-2H3,(H,30,32)/t16-,18-/m1/s1. The van der Waals surface area contributed by atoms with Crippen LogP contribution in [-0.2, 0) is 16.0 Å². The summed E-state index contributed by atoms with van der Waals surface area (Å²) in [6, 6.07) is 9.69. The molecule has 0 bridgehead atoms. The number of nitrogens with zero attached hydrogens (tertiary/aromatic N) is 5. The van der Waals surface area contributed by atoms with Gasteiger partial charge < -0.3 is 14.6 Å². The molecular weight excluding hydrogens is 416 g/mol. The molecule has 1 amide bonds. The molecular formula is C25H24N6O2. The Hall–Kier alpha value is -3.83. The molecule has 1 aliphatic rings. The van der Waals surface area contributed by atoms with Crippen LogP contribution < -0.4 is 5.32 Å². The van der Waals surface area contributed by atoms with E-state index in [1.54, 1.807) is 24.7 Å². The lowest BCUT2D eigenvalue weighted by Gasteiger charge is -2.30. The van der Waals surface area contributed by atoms with Gasteiger partial charge >= 0.3 is 0 Å². The molecule has 5 rings (SSSR count). The highest BCUT2D eigenvalue weighted by Gasteiger charge is 2.27. The molecule has 3 aromatic heterocycles. The number of carbonyl (C=O) groups excluding carboxylic acids is 1. The summed E-state index contributed by atoms with van der Waals surface area (Å²) >= 11 is 0. The van der Waals surface area contributed by atoms with Crippen LogP contribution in [0.2, 0.25) is 0 Å². The molecule has 0 spiro atoms. The number of nitrogens with one attached hydrogen (secondary N) is 1. The third-order valence-corrected chi connectivity index (χ3v) is 6.17. The lowest BCUT2D eigenvalue weighted by Crippen LogP contribution is -2.27. The van der Waals surface area contributed by atoms with Crippen LogP contribution in [0, 0.1) is 18.3 Å². The zero-order valence-corrected chi connectivity index (χ0v) is 18.6. The van der Waals surface area contributed by atoms with E-state index < -0.39 is 0 Å². The number of fused-ring (bicyclic) bond motifs is 3. The van der Waals surface area contributed by atoms with Gasteiger partial charge in [-0.2, -0.15) is 5.26 Å². The highest BCUT2D eigenvalue weighted by Crippen LogP contribution is 2.34. The number of hydrogen-bond acceptors (Lipinski definition) is 6. The van der Waals surface area contributed by atoms with Crippen molar-refractivity contribution in [2.45, 2.75) is 45.3 Å². The van der Waals surface area contributed by atoms with E-state index in [0.29, 0.717) is 23.7 Å². The van der Waals surface area contributed by atoms with Crippen LogP contribution in [0.25, 0.3) is 21.9 Å². The number of anilines is 1. The normalized spacial score (nSPS) is 18.3. The van der Waals surface area contributed by atoms with Crippen LogP contribution in [0.3, 0.4) is 0 Å². The summed E-state index contributed by atoms with van der Waals surface area (Å²) in [6.45, 7) is 4.65. The summed E-state index contributed by atoms with van der Waals surface area (Å²) in [4.78, 5) is 26.5. The maximum absolute atomic E-state index is 13.0. The molecule has 8 nitrogen and oxygen atoms in total. The molecule has 4 heterocycles. The van der Waals surface area contributed by atoms with Crippen molar-refractivity contribution in [1.29, 1.82) is 5.26 Å². The van der Waals surface area contributed by atoms with E-state index in [0.717, 1.165) is 40.3 Å². The van der Waals surface area contributed by atoms with E-state index in [9.17, 15) is 10.1 Å². The molecule has 2 atom stereocenters. The van der Waals surface area contributed by atoms with Crippen LogP contribution in [0.15, 0.2) is 42.9 Å². The average Bonchev–Trinajstić information content (AvgIpc) is 3.18. The van der Waals surface area contributed by atoms with Crippen molar-refractivity contribution >= 4 is 33.5 Å². The minimum atomic E-state index is -0.155. The van der Waals surface area contributed by atoms with E-state index in [-0.39, 0.29) is 24.5 Å². The molecule has 166 valence electrons. The van der Waals surface area contributed by atoms with Crippen molar-refractivity contribution in [3.05, 3.63) is 59.8 Å². The number of imidazole rings is 1. The number of aromatic nitrogens is 4. The van der Waals surface area contributed by atoms with Crippen molar-refractivity contribution in [3.8, 4) is 6.07 Å².